The zero-order valence-corrected chi connectivity index (χ0v) is 21.6. The van der Waals surface area contributed by atoms with Crippen molar-refractivity contribution in [1.29, 1.82) is 0 Å². The number of halogens is 1. The minimum atomic E-state index is 0. The zero-order valence-electron chi connectivity index (χ0n) is 19.3. The fraction of sp³-hybridized carbons (Fsp3) is 0.810. The summed E-state index contributed by atoms with van der Waals surface area (Å²) in [5.41, 5.74) is 2.41. The maximum atomic E-state index is 5.96. The minimum Gasteiger partial charge on any atom is -0.374 e. The Kier molecular flexibility index (Phi) is 11.5. The number of hydrogen-bond donors (Lipinski definition) is 1. The van der Waals surface area contributed by atoms with Crippen LogP contribution in [0.5, 0.6) is 0 Å². The Balaban J connectivity index is 0.00000420. The van der Waals surface area contributed by atoms with Crippen molar-refractivity contribution in [2.24, 2.45) is 18.0 Å². The molecule has 0 radical (unpaired) electrons. The molecule has 0 amide bonds. The molecule has 7 nitrogen and oxygen atoms in total. The summed E-state index contributed by atoms with van der Waals surface area (Å²) in [4.78, 5) is 9.56. The topological polar surface area (TPSA) is 57.9 Å². The molecule has 1 aliphatic rings. The average molecular weight is 521 g/mol. The van der Waals surface area contributed by atoms with Crippen LogP contribution in [0.1, 0.15) is 51.8 Å². The summed E-state index contributed by atoms with van der Waals surface area (Å²) in [5.74, 6) is 2.01. The molecule has 0 saturated carbocycles. The summed E-state index contributed by atoms with van der Waals surface area (Å²) in [6, 6.07) is 0. The second kappa shape index (κ2) is 12.7. The number of ether oxygens (including phenoxy) is 1. The second-order valence-electron chi connectivity index (χ2n) is 8.56. The van der Waals surface area contributed by atoms with Gasteiger partial charge in [0.25, 0.3) is 0 Å². The summed E-state index contributed by atoms with van der Waals surface area (Å²) >= 11 is 0. The van der Waals surface area contributed by atoms with Crippen LogP contribution in [0.15, 0.2) is 11.2 Å². The number of hydrogen-bond acceptors (Lipinski definition) is 4. The van der Waals surface area contributed by atoms with Crippen molar-refractivity contribution in [3.63, 3.8) is 0 Å². The number of guanidine groups is 1. The average Bonchev–Trinajstić information content (AvgIpc) is 2.98. The number of nitrogens with one attached hydrogen (secondary N) is 1. The van der Waals surface area contributed by atoms with Gasteiger partial charge in [0.05, 0.1) is 24.9 Å². The van der Waals surface area contributed by atoms with E-state index in [1.54, 1.807) is 0 Å². The van der Waals surface area contributed by atoms with E-state index >= 15 is 0 Å². The van der Waals surface area contributed by atoms with E-state index in [2.05, 4.69) is 68.1 Å². The fourth-order valence-corrected chi connectivity index (χ4v) is 3.72. The molecule has 1 saturated heterocycles. The Labute approximate surface area is 194 Å². The zero-order chi connectivity index (χ0) is 20.7. The lowest BCUT2D eigenvalue weighted by Gasteiger charge is -2.33. The SMILES string of the molecule is CCNC(=NCC1CN(CC(C)C)CCO1)N(C)Cc1cn(C)nc1C(C)C.I. The van der Waals surface area contributed by atoms with Crippen LogP contribution >= 0.6 is 24.0 Å². The van der Waals surface area contributed by atoms with Crippen molar-refractivity contribution in [3.05, 3.63) is 17.5 Å². The van der Waals surface area contributed by atoms with Crippen molar-refractivity contribution >= 4 is 29.9 Å². The van der Waals surface area contributed by atoms with E-state index in [4.69, 9.17) is 9.73 Å². The van der Waals surface area contributed by atoms with Crippen LogP contribution in [0.2, 0.25) is 0 Å². The first-order chi connectivity index (χ1) is 13.3. The first-order valence-electron chi connectivity index (χ1n) is 10.7. The maximum absolute atomic E-state index is 5.96. The number of aryl methyl sites for hydroxylation is 1. The first kappa shape index (κ1) is 26.2. The molecule has 1 unspecified atom stereocenters. The standard InChI is InChI=1S/C21H40N6O.HI/c1-8-22-21(23-11-19-15-27(9-10-28-19)12-16(2)3)25(6)13-18-14-26(7)24-20(18)17(4)5;/h14,16-17,19H,8-13,15H2,1-7H3,(H,22,23);1H. The first-order valence-corrected chi connectivity index (χ1v) is 10.7. The molecule has 1 atom stereocenters. The third-order valence-electron chi connectivity index (χ3n) is 4.88. The molecular weight excluding hydrogens is 479 g/mol. The van der Waals surface area contributed by atoms with Gasteiger partial charge in [0.15, 0.2) is 5.96 Å². The van der Waals surface area contributed by atoms with Crippen LogP contribution in [-0.4, -0.2) is 78.0 Å². The van der Waals surface area contributed by atoms with Gasteiger partial charge >= 0.3 is 0 Å². The van der Waals surface area contributed by atoms with Crippen LogP contribution in [0.4, 0.5) is 0 Å². The third-order valence-corrected chi connectivity index (χ3v) is 4.88. The van der Waals surface area contributed by atoms with Gasteiger partial charge < -0.3 is 15.0 Å². The van der Waals surface area contributed by atoms with Crippen molar-refractivity contribution in [2.45, 2.75) is 53.2 Å². The van der Waals surface area contributed by atoms with Crippen LogP contribution < -0.4 is 5.32 Å². The molecule has 1 fully saturated rings. The predicted molar refractivity (Wildman–Crippen MR) is 131 cm³/mol. The molecule has 2 rings (SSSR count). The molecule has 8 heteroatoms. The molecule has 1 aromatic rings. The summed E-state index contributed by atoms with van der Waals surface area (Å²) in [5, 5.41) is 8.04. The Morgan fingerprint density at radius 3 is 2.72 bits per heavy atom. The number of morpholine rings is 1. The van der Waals surface area contributed by atoms with Crippen molar-refractivity contribution in [2.75, 3.05) is 46.4 Å². The van der Waals surface area contributed by atoms with Gasteiger partial charge in [-0.15, -0.1) is 24.0 Å². The van der Waals surface area contributed by atoms with Gasteiger partial charge in [-0.3, -0.25) is 14.6 Å². The van der Waals surface area contributed by atoms with Gasteiger partial charge in [-0.25, -0.2) is 0 Å². The molecule has 1 aliphatic heterocycles. The summed E-state index contributed by atoms with van der Waals surface area (Å²) in [6.07, 6.45) is 2.28. The normalized spacial score (nSPS) is 18.2. The van der Waals surface area contributed by atoms with E-state index in [0.717, 1.165) is 51.0 Å². The van der Waals surface area contributed by atoms with Gasteiger partial charge in [0, 0.05) is 58.6 Å². The lowest BCUT2D eigenvalue weighted by Crippen LogP contribution is -2.46. The predicted octanol–water partition coefficient (Wildman–Crippen LogP) is 2.92. The van der Waals surface area contributed by atoms with Crippen molar-refractivity contribution < 1.29 is 4.74 Å². The van der Waals surface area contributed by atoms with E-state index in [9.17, 15) is 0 Å². The van der Waals surface area contributed by atoms with Crippen LogP contribution in [0.25, 0.3) is 0 Å². The number of aromatic nitrogens is 2. The Morgan fingerprint density at radius 1 is 1.38 bits per heavy atom. The molecular formula is C21H41IN6O. The number of aliphatic imine (C=N–C) groups is 1. The van der Waals surface area contributed by atoms with Crippen LogP contribution in [0, 0.1) is 5.92 Å². The fourth-order valence-electron chi connectivity index (χ4n) is 3.72. The lowest BCUT2D eigenvalue weighted by molar-refractivity contribution is -0.0262. The van der Waals surface area contributed by atoms with Gasteiger partial charge in [0.2, 0.25) is 0 Å². The number of nitrogens with zero attached hydrogens (tertiary/aromatic N) is 5. The lowest BCUT2D eigenvalue weighted by atomic mass is 10.1. The van der Waals surface area contributed by atoms with Crippen molar-refractivity contribution in [1.82, 2.24) is 24.9 Å². The molecule has 0 spiro atoms. The molecule has 2 heterocycles. The molecule has 0 bridgehead atoms. The van der Waals surface area contributed by atoms with E-state index in [1.165, 1.54) is 5.56 Å². The molecule has 0 aliphatic carbocycles. The van der Waals surface area contributed by atoms with Gasteiger partial charge in [-0.05, 0) is 18.8 Å². The Morgan fingerprint density at radius 2 is 2.10 bits per heavy atom. The van der Waals surface area contributed by atoms with E-state index in [-0.39, 0.29) is 30.1 Å². The van der Waals surface area contributed by atoms with Crippen LogP contribution in [-0.2, 0) is 18.3 Å². The smallest absolute Gasteiger partial charge is 0.194 e. The molecule has 1 aromatic heterocycles. The molecule has 168 valence electrons. The molecule has 0 aromatic carbocycles. The van der Waals surface area contributed by atoms with Crippen LogP contribution in [0.3, 0.4) is 0 Å². The molecule has 29 heavy (non-hydrogen) atoms. The highest BCUT2D eigenvalue weighted by Crippen LogP contribution is 2.18. The van der Waals surface area contributed by atoms with E-state index < -0.39 is 0 Å². The van der Waals surface area contributed by atoms with Gasteiger partial charge in [-0.1, -0.05) is 27.7 Å². The van der Waals surface area contributed by atoms with Gasteiger partial charge in [0.1, 0.15) is 0 Å². The second-order valence-corrected chi connectivity index (χ2v) is 8.56. The largest absolute Gasteiger partial charge is 0.374 e. The highest BCUT2D eigenvalue weighted by atomic mass is 127. The summed E-state index contributed by atoms with van der Waals surface area (Å²) in [7, 11) is 4.07. The van der Waals surface area contributed by atoms with E-state index in [1.807, 2.05) is 11.7 Å². The highest BCUT2D eigenvalue weighted by molar-refractivity contribution is 14.0. The summed E-state index contributed by atoms with van der Waals surface area (Å²) in [6.45, 7) is 17.3. The third kappa shape index (κ3) is 8.41. The number of rotatable bonds is 8. The Hall–Kier alpha value is -0.870. The monoisotopic (exact) mass is 520 g/mol. The van der Waals surface area contributed by atoms with Gasteiger partial charge in [-0.2, -0.15) is 5.10 Å². The quantitative estimate of drug-likeness (QED) is 0.325. The van der Waals surface area contributed by atoms with Crippen molar-refractivity contribution in [3.8, 4) is 0 Å². The summed E-state index contributed by atoms with van der Waals surface area (Å²) < 4.78 is 7.87. The maximum Gasteiger partial charge on any atom is 0.194 e. The van der Waals surface area contributed by atoms with E-state index in [0.29, 0.717) is 18.4 Å². The minimum absolute atomic E-state index is 0. The highest BCUT2D eigenvalue weighted by Gasteiger charge is 2.21. The Bertz CT molecular complexity index is 631. The molecule has 1 N–H and O–H groups in total.